The molecule has 1 saturated heterocycles. The van der Waals surface area contributed by atoms with Gasteiger partial charge in [-0.15, -0.1) is 0 Å². The Labute approximate surface area is 113 Å². The first-order valence-corrected chi connectivity index (χ1v) is 7.06. The lowest BCUT2D eigenvalue weighted by Crippen LogP contribution is -2.42. The highest BCUT2D eigenvalue weighted by molar-refractivity contribution is 5.82. The predicted octanol–water partition coefficient (Wildman–Crippen LogP) is 3.12. The van der Waals surface area contributed by atoms with E-state index in [0.29, 0.717) is 6.04 Å². The summed E-state index contributed by atoms with van der Waals surface area (Å²) in [5, 5.41) is 8.72. The number of aromatic amines is 1. The van der Waals surface area contributed by atoms with Crippen LogP contribution >= 0.6 is 0 Å². The molecule has 0 aliphatic carbocycles. The topological polar surface area (TPSA) is 31.9 Å². The molecule has 1 aromatic carbocycles. The lowest BCUT2D eigenvalue weighted by molar-refractivity contribution is 0.168. The molecule has 98 valence electrons. The number of likely N-dealkylation sites (N-methyl/N-ethyl adjacent to an activating group) is 1. The van der Waals surface area contributed by atoms with E-state index in [4.69, 9.17) is 0 Å². The quantitative estimate of drug-likeness (QED) is 0.792. The largest absolute Gasteiger partial charge is 0.290 e. The van der Waals surface area contributed by atoms with Crippen LogP contribution in [-0.4, -0.2) is 28.2 Å². The molecule has 0 amide bonds. The Balaban J connectivity index is 1.89. The number of fused-ring (bicyclic) bond motifs is 3. The van der Waals surface area contributed by atoms with E-state index in [1.54, 1.807) is 0 Å². The molecule has 1 N–H and O–H groups in total. The van der Waals surface area contributed by atoms with Crippen molar-refractivity contribution in [2.75, 3.05) is 7.05 Å². The zero-order chi connectivity index (χ0) is 13.0. The van der Waals surface area contributed by atoms with Gasteiger partial charge in [-0.25, -0.2) is 0 Å². The van der Waals surface area contributed by atoms with Crippen LogP contribution in [0.2, 0.25) is 0 Å². The second kappa shape index (κ2) is 3.70. The minimum absolute atomic E-state index is 0.101. The van der Waals surface area contributed by atoms with Crippen molar-refractivity contribution in [1.29, 1.82) is 0 Å². The lowest BCUT2D eigenvalue weighted by Gasteiger charge is -2.39. The Hall–Kier alpha value is -1.61. The van der Waals surface area contributed by atoms with E-state index >= 15 is 0 Å². The van der Waals surface area contributed by atoms with Crippen LogP contribution in [0.3, 0.4) is 0 Å². The zero-order valence-electron chi connectivity index (χ0n) is 11.5. The monoisotopic (exact) mass is 253 g/mol. The summed E-state index contributed by atoms with van der Waals surface area (Å²) < 4.78 is 0. The molecule has 19 heavy (non-hydrogen) atoms. The molecule has 2 unspecified atom stereocenters. The third-order valence-corrected chi connectivity index (χ3v) is 5.08. The Kier molecular flexibility index (Phi) is 2.19. The summed E-state index contributed by atoms with van der Waals surface area (Å²) in [6, 6.07) is 7.45. The first-order valence-electron chi connectivity index (χ1n) is 7.06. The first-order chi connectivity index (χ1) is 9.21. The summed E-state index contributed by atoms with van der Waals surface area (Å²) in [4.78, 5) is 2.55. The zero-order valence-corrected chi connectivity index (χ0v) is 11.5. The van der Waals surface area contributed by atoms with Gasteiger partial charge in [0.15, 0.2) is 0 Å². The van der Waals surface area contributed by atoms with Crippen molar-refractivity contribution in [2.24, 2.45) is 0 Å². The summed E-state index contributed by atoms with van der Waals surface area (Å²) in [6.07, 6.45) is 8.47. The van der Waals surface area contributed by atoms with Gasteiger partial charge in [-0.2, -0.15) is 5.10 Å². The van der Waals surface area contributed by atoms with E-state index < -0.39 is 0 Å². The van der Waals surface area contributed by atoms with Crippen LogP contribution in [0.4, 0.5) is 0 Å². The van der Waals surface area contributed by atoms with Crippen LogP contribution in [0.5, 0.6) is 0 Å². The van der Waals surface area contributed by atoms with Crippen LogP contribution in [0.15, 0.2) is 30.4 Å². The van der Waals surface area contributed by atoms with Gasteiger partial charge in [-0.1, -0.05) is 24.3 Å². The fourth-order valence-electron chi connectivity index (χ4n) is 3.84. The molecule has 0 radical (unpaired) electrons. The van der Waals surface area contributed by atoms with Crippen LogP contribution in [-0.2, 0) is 5.54 Å². The highest BCUT2D eigenvalue weighted by Gasteiger charge is 2.45. The lowest BCUT2D eigenvalue weighted by atomic mass is 9.86. The minimum atomic E-state index is 0.101. The number of H-pyrrole nitrogens is 1. The van der Waals surface area contributed by atoms with E-state index in [1.807, 2.05) is 0 Å². The van der Waals surface area contributed by atoms with Crippen LogP contribution in [0, 0.1) is 6.92 Å². The second-order valence-electron chi connectivity index (χ2n) is 5.95. The van der Waals surface area contributed by atoms with Gasteiger partial charge in [0.05, 0.1) is 11.1 Å². The van der Waals surface area contributed by atoms with Gasteiger partial charge in [-0.05, 0) is 44.9 Å². The van der Waals surface area contributed by atoms with Gasteiger partial charge < -0.3 is 0 Å². The van der Waals surface area contributed by atoms with Crippen molar-refractivity contribution < 1.29 is 0 Å². The van der Waals surface area contributed by atoms with Gasteiger partial charge in [0.2, 0.25) is 0 Å². The Bertz CT molecular complexity index is 670. The number of rotatable bonds is 1. The van der Waals surface area contributed by atoms with Gasteiger partial charge in [0.25, 0.3) is 0 Å². The molecular formula is C16H19N3. The van der Waals surface area contributed by atoms with Gasteiger partial charge in [-0.3, -0.25) is 10.00 Å². The number of benzene rings is 1. The van der Waals surface area contributed by atoms with Crippen LogP contribution in [0.1, 0.15) is 30.5 Å². The highest BCUT2D eigenvalue weighted by Crippen LogP contribution is 2.46. The van der Waals surface area contributed by atoms with Gasteiger partial charge in [0, 0.05) is 17.1 Å². The normalized spacial score (nSPS) is 30.3. The van der Waals surface area contributed by atoms with Crippen molar-refractivity contribution >= 4 is 10.9 Å². The Morgan fingerprint density at radius 2 is 2.32 bits per heavy atom. The number of aromatic nitrogens is 2. The fourth-order valence-corrected chi connectivity index (χ4v) is 3.84. The third-order valence-electron chi connectivity index (χ3n) is 5.08. The molecule has 3 nitrogen and oxygen atoms in total. The molecule has 3 heteroatoms. The number of nitrogens with one attached hydrogen (secondary N) is 1. The predicted molar refractivity (Wildman–Crippen MR) is 77.1 cm³/mol. The van der Waals surface area contributed by atoms with Crippen LogP contribution < -0.4 is 0 Å². The molecule has 0 spiro atoms. The average Bonchev–Trinajstić information content (AvgIpc) is 2.85. The molecule has 2 atom stereocenters. The smallest absolute Gasteiger partial charge is 0.0927 e. The number of hydrogen-bond acceptors (Lipinski definition) is 2. The highest BCUT2D eigenvalue weighted by atomic mass is 15.2. The molecule has 2 aromatic rings. The van der Waals surface area contributed by atoms with Gasteiger partial charge in [0.1, 0.15) is 0 Å². The van der Waals surface area contributed by atoms with E-state index in [1.165, 1.54) is 30.2 Å². The minimum Gasteiger partial charge on any atom is -0.290 e. The van der Waals surface area contributed by atoms with E-state index in [2.05, 4.69) is 59.4 Å². The van der Waals surface area contributed by atoms with Crippen molar-refractivity contribution in [3.63, 3.8) is 0 Å². The number of nitrogens with zero attached hydrogens (tertiary/aromatic N) is 2. The molecule has 1 aromatic heterocycles. The molecule has 2 aliphatic rings. The maximum atomic E-state index is 4.41. The molecule has 1 fully saturated rings. The van der Waals surface area contributed by atoms with Crippen molar-refractivity contribution in [2.45, 2.75) is 37.8 Å². The average molecular weight is 253 g/mol. The van der Waals surface area contributed by atoms with Gasteiger partial charge >= 0.3 is 0 Å². The molecule has 2 aliphatic heterocycles. The van der Waals surface area contributed by atoms with E-state index in [0.717, 1.165) is 11.2 Å². The summed E-state index contributed by atoms with van der Waals surface area (Å²) >= 11 is 0. The molecular weight excluding hydrogens is 234 g/mol. The number of hydrogen-bond donors (Lipinski definition) is 1. The SMILES string of the molecule is Cc1[nH]nc2cc(C34C=CCC(CC3)N4C)ccc12. The first kappa shape index (κ1) is 11.2. The Morgan fingerprint density at radius 3 is 3.21 bits per heavy atom. The molecule has 4 rings (SSSR count). The van der Waals surface area contributed by atoms with Crippen LogP contribution in [0.25, 0.3) is 10.9 Å². The summed E-state index contributed by atoms with van der Waals surface area (Å²) in [5.74, 6) is 0. The maximum absolute atomic E-state index is 4.41. The van der Waals surface area contributed by atoms with E-state index in [-0.39, 0.29) is 5.54 Å². The second-order valence-corrected chi connectivity index (χ2v) is 5.95. The Morgan fingerprint density at radius 1 is 1.42 bits per heavy atom. The van der Waals surface area contributed by atoms with E-state index in [9.17, 15) is 0 Å². The van der Waals surface area contributed by atoms with Crippen molar-refractivity contribution in [1.82, 2.24) is 15.1 Å². The fraction of sp³-hybridized carbons (Fsp3) is 0.438. The summed E-state index contributed by atoms with van der Waals surface area (Å²) in [7, 11) is 2.27. The molecule has 3 heterocycles. The summed E-state index contributed by atoms with van der Waals surface area (Å²) in [5.41, 5.74) is 3.72. The van der Waals surface area contributed by atoms with Crippen molar-refractivity contribution in [3.05, 3.63) is 41.6 Å². The van der Waals surface area contributed by atoms with Crippen molar-refractivity contribution in [3.8, 4) is 0 Å². The maximum Gasteiger partial charge on any atom is 0.0927 e. The molecule has 2 bridgehead atoms. The third kappa shape index (κ3) is 1.39. The molecule has 0 saturated carbocycles. The standard InChI is InChI=1S/C16H19N3/c1-11-14-6-5-12(10-15(14)18-17-11)16-8-3-4-13(7-9-16)19(16)2/h3,5-6,8,10,13H,4,7,9H2,1-2H3,(H,17,18). The number of aryl methyl sites for hydroxylation is 1. The summed E-state index contributed by atoms with van der Waals surface area (Å²) in [6.45, 7) is 2.07.